The molecule has 1 fully saturated rings. The van der Waals surface area contributed by atoms with Gasteiger partial charge in [-0.05, 0) is 67.3 Å². The van der Waals surface area contributed by atoms with Crippen LogP contribution in [0.1, 0.15) is 53.7 Å². The number of rotatable bonds is 25. The molecular formula is C47H55N5O12. The molecule has 5 amide bonds. The Morgan fingerprint density at radius 3 is 2.12 bits per heavy atom. The van der Waals surface area contributed by atoms with Crippen LogP contribution in [0.25, 0.3) is 11.1 Å². The van der Waals surface area contributed by atoms with Crippen molar-refractivity contribution in [2.45, 2.75) is 51.4 Å². The molecule has 3 aromatic carbocycles. The Bertz CT molecular complexity index is 2190. The summed E-state index contributed by atoms with van der Waals surface area (Å²) in [6.45, 7) is 7.55. The first-order valence-corrected chi connectivity index (χ1v) is 21.2. The first-order chi connectivity index (χ1) is 31.1. The van der Waals surface area contributed by atoms with Crippen molar-refractivity contribution in [3.8, 4) is 16.9 Å². The molecule has 1 aromatic heterocycles. The minimum atomic E-state index is -0.841. The normalized spacial score (nSPS) is 14.8. The lowest BCUT2D eigenvalue weighted by Gasteiger charge is -2.29. The number of pyridine rings is 1. The maximum atomic E-state index is 13.3. The number of hydrogen-bond acceptors (Lipinski definition) is 13. The number of benzene rings is 3. The molecule has 0 radical (unpaired) electrons. The third-order valence-electron chi connectivity index (χ3n) is 10.3. The van der Waals surface area contributed by atoms with Gasteiger partial charge in [-0.2, -0.15) is 0 Å². The van der Waals surface area contributed by atoms with E-state index in [1.54, 1.807) is 30.6 Å². The van der Waals surface area contributed by atoms with Crippen LogP contribution in [0.15, 0.2) is 91.3 Å². The summed E-state index contributed by atoms with van der Waals surface area (Å²) in [5, 5.41) is 8.21. The largest absolute Gasteiger partial charge is 0.491 e. The maximum Gasteiger partial charge on any atom is 0.332 e. The molecule has 1 atom stereocenters. The number of urea groups is 1. The number of nitrogens with one attached hydrogen (secondary N) is 3. The van der Waals surface area contributed by atoms with Crippen LogP contribution in [0, 0.1) is 0 Å². The number of imide groups is 1. The Balaban J connectivity index is 0.862. The van der Waals surface area contributed by atoms with E-state index in [0.29, 0.717) is 75.4 Å². The van der Waals surface area contributed by atoms with Crippen LogP contribution in [0.3, 0.4) is 0 Å². The van der Waals surface area contributed by atoms with Gasteiger partial charge >= 0.3 is 12.0 Å². The number of carbonyl (C=O) groups is 5. The van der Waals surface area contributed by atoms with Gasteiger partial charge in [0.2, 0.25) is 11.8 Å². The fourth-order valence-corrected chi connectivity index (χ4v) is 6.99. The minimum Gasteiger partial charge on any atom is -0.491 e. The van der Waals surface area contributed by atoms with E-state index in [9.17, 15) is 24.0 Å². The van der Waals surface area contributed by atoms with Crippen LogP contribution in [0.2, 0.25) is 0 Å². The number of esters is 1. The van der Waals surface area contributed by atoms with Crippen LogP contribution in [0.4, 0.5) is 10.5 Å². The molecule has 3 N–H and O–H groups in total. The van der Waals surface area contributed by atoms with Crippen molar-refractivity contribution in [1.29, 1.82) is 0 Å². The number of aromatic nitrogens is 1. The van der Waals surface area contributed by atoms with Gasteiger partial charge in [0, 0.05) is 47.7 Å². The zero-order valence-corrected chi connectivity index (χ0v) is 36.1. The number of anilines is 1. The van der Waals surface area contributed by atoms with E-state index in [-0.39, 0.29) is 57.6 Å². The van der Waals surface area contributed by atoms with Gasteiger partial charge in [0.15, 0.2) is 0 Å². The van der Waals surface area contributed by atoms with Gasteiger partial charge in [0.1, 0.15) is 31.6 Å². The second kappa shape index (κ2) is 24.0. The molecule has 6 rings (SSSR count). The highest BCUT2D eigenvalue weighted by molar-refractivity contribution is 6.05. The predicted octanol–water partition coefficient (Wildman–Crippen LogP) is 4.77. The number of ether oxygens (including phenoxy) is 7. The number of nitrogens with zero attached hydrogens (tertiary/aromatic N) is 2. The van der Waals surface area contributed by atoms with Crippen molar-refractivity contribution in [1.82, 2.24) is 20.5 Å². The molecule has 4 aromatic rings. The zero-order valence-electron chi connectivity index (χ0n) is 36.1. The van der Waals surface area contributed by atoms with Crippen LogP contribution in [-0.2, 0) is 61.5 Å². The van der Waals surface area contributed by atoms with E-state index >= 15 is 0 Å². The van der Waals surface area contributed by atoms with Crippen LogP contribution in [-0.4, -0.2) is 118 Å². The molecule has 1 saturated heterocycles. The van der Waals surface area contributed by atoms with Crippen molar-refractivity contribution in [3.05, 3.63) is 114 Å². The summed E-state index contributed by atoms with van der Waals surface area (Å²) >= 11 is 0. The van der Waals surface area contributed by atoms with Gasteiger partial charge in [-0.1, -0.05) is 48.5 Å². The molecule has 2 aliphatic heterocycles. The Labute approximate surface area is 372 Å². The minimum absolute atomic E-state index is 0.132. The molecule has 1 unspecified atom stereocenters. The smallest absolute Gasteiger partial charge is 0.332 e. The van der Waals surface area contributed by atoms with Crippen molar-refractivity contribution < 1.29 is 57.1 Å². The van der Waals surface area contributed by atoms with Crippen molar-refractivity contribution in [2.75, 3.05) is 78.0 Å². The van der Waals surface area contributed by atoms with E-state index in [1.807, 2.05) is 74.5 Å². The molecule has 17 heteroatoms. The van der Waals surface area contributed by atoms with Gasteiger partial charge in [-0.15, -0.1) is 0 Å². The molecule has 64 heavy (non-hydrogen) atoms. The lowest BCUT2D eigenvalue weighted by atomic mass is 9.92. The van der Waals surface area contributed by atoms with Gasteiger partial charge < -0.3 is 48.7 Å². The summed E-state index contributed by atoms with van der Waals surface area (Å²) in [6, 6.07) is 22.8. The summed E-state index contributed by atoms with van der Waals surface area (Å²) in [7, 11) is 0. The van der Waals surface area contributed by atoms with E-state index in [0.717, 1.165) is 22.3 Å². The lowest BCUT2D eigenvalue weighted by molar-refractivity contribution is -0.151. The number of carbonyl (C=O) groups excluding carboxylic acids is 5. The zero-order chi connectivity index (χ0) is 45.2. The molecule has 0 saturated carbocycles. The maximum absolute atomic E-state index is 13.3. The topological polar surface area (TPSA) is 202 Å². The third kappa shape index (κ3) is 14.1. The molecule has 17 nitrogen and oxygen atoms in total. The van der Waals surface area contributed by atoms with Crippen molar-refractivity contribution in [2.24, 2.45) is 0 Å². The highest BCUT2D eigenvalue weighted by atomic mass is 16.6. The summed E-state index contributed by atoms with van der Waals surface area (Å²) in [4.78, 5) is 68.0. The summed E-state index contributed by atoms with van der Waals surface area (Å²) in [5.74, 6) is -0.947. The monoisotopic (exact) mass is 881 g/mol. The highest BCUT2D eigenvalue weighted by Gasteiger charge is 2.39. The first kappa shape index (κ1) is 47.2. The quantitative estimate of drug-likeness (QED) is 0.0467. The molecule has 0 aliphatic carbocycles. The second-order valence-electron chi connectivity index (χ2n) is 15.4. The van der Waals surface area contributed by atoms with Crippen molar-refractivity contribution >= 4 is 35.4 Å². The van der Waals surface area contributed by atoms with E-state index < -0.39 is 29.5 Å². The van der Waals surface area contributed by atoms with Crippen molar-refractivity contribution in [3.63, 3.8) is 0 Å². The number of piperidine rings is 1. The van der Waals surface area contributed by atoms with Crippen LogP contribution >= 0.6 is 0 Å². The SMILES string of the molecule is CC(C)(NC(=O)Nc1ccc2c(c1)CN(C1CCC(=O)NC1=O)C2=O)c1ccc(-c2cccnc2)c(OCCOCCOCCOCCOCCOCC(=O)OCc2ccccc2)c1. The molecule has 0 bridgehead atoms. The first-order valence-electron chi connectivity index (χ1n) is 21.2. The number of hydrogen-bond donors (Lipinski definition) is 3. The number of amides is 5. The fraction of sp³-hybridized carbons (Fsp3) is 0.404. The van der Waals surface area contributed by atoms with Crippen LogP contribution < -0.4 is 20.7 Å². The standard InChI is InChI=1S/C47H55N5O12/c1-47(2,51-46(57)49-37-11-13-39-35(27-37)30-52(45(39)56)40-14-15-42(53)50-44(40)55)36-10-12-38(34-9-6-16-48-29-34)41(28-36)63-26-25-61-22-21-59-18-17-58-19-20-60-23-24-62-32-43(54)64-31-33-7-4-3-5-8-33/h3-13,16,27-29,40H,14-15,17-26,30-32H2,1-2H3,(H2,49,51,57)(H,50,53,55). The Morgan fingerprint density at radius 1 is 0.781 bits per heavy atom. The molecule has 2 aliphatic rings. The average Bonchev–Trinajstić information content (AvgIpc) is 3.61. The van der Waals surface area contributed by atoms with Gasteiger partial charge in [0.05, 0.1) is 65.0 Å². The fourth-order valence-electron chi connectivity index (χ4n) is 6.99. The van der Waals surface area contributed by atoms with E-state index in [4.69, 9.17) is 33.2 Å². The molecular weight excluding hydrogens is 827 g/mol. The average molecular weight is 882 g/mol. The second-order valence-corrected chi connectivity index (χ2v) is 15.4. The van der Waals surface area contributed by atoms with Gasteiger partial charge in [-0.25, -0.2) is 9.59 Å². The summed E-state index contributed by atoms with van der Waals surface area (Å²) < 4.78 is 39.0. The third-order valence-corrected chi connectivity index (χ3v) is 10.3. The Morgan fingerprint density at radius 2 is 1.45 bits per heavy atom. The summed E-state index contributed by atoms with van der Waals surface area (Å²) in [6.07, 6.45) is 3.89. The predicted molar refractivity (Wildman–Crippen MR) is 233 cm³/mol. The highest BCUT2D eigenvalue weighted by Crippen LogP contribution is 2.34. The Kier molecular flexibility index (Phi) is 17.7. The summed E-state index contributed by atoms with van der Waals surface area (Å²) in [5.41, 5.74) is 4.17. The molecule has 0 spiro atoms. The Hall–Kier alpha value is -6.24. The molecule has 3 heterocycles. The molecule has 340 valence electrons. The number of fused-ring (bicyclic) bond motifs is 1. The lowest BCUT2D eigenvalue weighted by Crippen LogP contribution is -2.52. The van der Waals surface area contributed by atoms with E-state index in [1.165, 1.54) is 4.90 Å². The van der Waals surface area contributed by atoms with Gasteiger partial charge in [0.25, 0.3) is 5.91 Å². The van der Waals surface area contributed by atoms with Crippen LogP contribution in [0.5, 0.6) is 5.75 Å². The van der Waals surface area contributed by atoms with Gasteiger partial charge in [-0.3, -0.25) is 24.7 Å². The van der Waals surface area contributed by atoms with E-state index in [2.05, 4.69) is 20.9 Å².